The zero-order valence-electron chi connectivity index (χ0n) is 27.7. The summed E-state index contributed by atoms with van der Waals surface area (Å²) in [6.45, 7) is 2.05. The molecule has 12 heteroatoms. The summed E-state index contributed by atoms with van der Waals surface area (Å²) >= 11 is 6.35. The second kappa shape index (κ2) is 14.4. The monoisotopic (exact) mass is 699 g/mol. The first-order valence-electron chi connectivity index (χ1n) is 17.0. The molecule has 0 aromatic heterocycles. The molecule has 0 saturated heterocycles. The molecule has 2 aliphatic carbocycles. The zero-order chi connectivity index (χ0) is 34.1. The fraction of sp³-hybridized carbons (Fsp3) is 0.556. The Morgan fingerprint density at radius 2 is 1.90 bits per heavy atom. The SMILES string of the molecule is CO[C@H]1/C=C/CCN(C)C(=O)C[C@](O)(C(=O)NS(=O)(=O)C2CC2)c2ccc3c(c2)N(CCCCc2cc(Cl)ccc2CO3)C[C@@H]2CC[C@H]21. The number of sulfonamides is 1. The van der Waals surface area contributed by atoms with Crippen molar-refractivity contribution in [3.8, 4) is 5.75 Å². The number of anilines is 1. The Kier molecular flexibility index (Phi) is 10.4. The maximum absolute atomic E-state index is 13.8. The lowest BCUT2D eigenvalue weighted by molar-refractivity contribution is -0.148. The first-order valence-corrected chi connectivity index (χ1v) is 18.9. The van der Waals surface area contributed by atoms with Gasteiger partial charge in [-0.25, -0.2) is 8.42 Å². The lowest BCUT2D eigenvalue weighted by Gasteiger charge is -2.43. The standard InChI is InChI=1S/C36H46ClN3O7S/c1-39-17-5-4-8-32(46-2)30-15-10-25(30)22-40-18-6-3-7-24-19-28(37)12-9-26(24)23-47-33-16-11-27(20-31(33)40)36(43,21-34(39)41)35(42)38-48(44,45)29-13-14-29/h4,8-9,11-12,16,19-20,25,29-30,32,43H,3,5-7,10,13-15,17-18,21-23H2,1-2H3,(H,38,42)/b8-4+/t25-,30+,32-,36+/m0/s1. The molecule has 0 radical (unpaired) electrons. The summed E-state index contributed by atoms with van der Waals surface area (Å²) in [7, 11) is -0.646. The number of nitrogens with one attached hydrogen (secondary N) is 1. The number of carbonyl (C=O) groups excluding carboxylic acids is 2. The van der Waals surface area contributed by atoms with Crippen molar-refractivity contribution in [2.24, 2.45) is 11.8 Å². The van der Waals surface area contributed by atoms with Gasteiger partial charge in [-0.15, -0.1) is 0 Å². The number of halogens is 1. The molecule has 2 aliphatic heterocycles. The Hall–Kier alpha value is -3.12. The van der Waals surface area contributed by atoms with Gasteiger partial charge in [0.15, 0.2) is 5.60 Å². The average Bonchev–Trinajstić information content (AvgIpc) is 3.90. The number of hydrogen-bond donors (Lipinski definition) is 2. The van der Waals surface area contributed by atoms with Crippen molar-refractivity contribution in [1.82, 2.24) is 9.62 Å². The van der Waals surface area contributed by atoms with Crippen molar-refractivity contribution < 1.29 is 32.6 Å². The van der Waals surface area contributed by atoms with Gasteiger partial charge in [-0.3, -0.25) is 14.3 Å². The molecule has 2 heterocycles. The summed E-state index contributed by atoms with van der Waals surface area (Å²) in [5, 5.41) is 12.2. The molecule has 260 valence electrons. The van der Waals surface area contributed by atoms with E-state index in [4.69, 9.17) is 21.1 Å². The number of carbonyl (C=O) groups is 2. The van der Waals surface area contributed by atoms with E-state index in [9.17, 15) is 23.1 Å². The molecular weight excluding hydrogens is 654 g/mol. The van der Waals surface area contributed by atoms with Crippen LogP contribution in [0.2, 0.25) is 5.02 Å². The van der Waals surface area contributed by atoms with Gasteiger partial charge >= 0.3 is 0 Å². The quantitative estimate of drug-likeness (QED) is 0.440. The van der Waals surface area contributed by atoms with Crippen LogP contribution in [0.15, 0.2) is 48.6 Å². The van der Waals surface area contributed by atoms with E-state index in [-0.39, 0.29) is 11.7 Å². The van der Waals surface area contributed by atoms with Gasteiger partial charge in [0.2, 0.25) is 15.9 Å². The lowest BCUT2D eigenvalue weighted by atomic mass is 9.70. The van der Waals surface area contributed by atoms with E-state index < -0.39 is 39.1 Å². The minimum Gasteiger partial charge on any atom is -0.487 e. The van der Waals surface area contributed by atoms with Crippen LogP contribution in [0.25, 0.3) is 0 Å². The normalized spacial score (nSPS) is 27.8. The Bertz CT molecular complexity index is 1660. The molecule has 2 aromatic rings. The highest BCUT2D eigenvalue weighted by Gasteiger charge is 2.46. The third-order valence-electron chi connectivity index (χ3n) is 10.4. The second-order valence-electron chi connectivity index (χ2n) is 13.7. The summed E-state index contributed by atoms with van der Waals surface area (Å²) in [5.74, 6) is -0.405. The third-order valence-corrected chi connectivity index (χ3v) is 12.5. The summed E-state index contributed by atoms with van der Waals surface area (Å²) in [6, 6.07) is 10.8. The summed E-state index contributed by atoms with van der Waals surface area (Å²) in [5.41, 5.74) is 0.537. The van der Waals surface area contributed by atoms with E-state index in [1.807, 2.05) is 24.3 Å². The number of aryl methyl sites for hydroxylation is 1. The largest absolute Gasteiger partial charge is 0.487 e. The first kappa shape index (κ1) is 34.7. The van der Waals surface area contributed by atoms with Crippen LogP contribution in [-0.4, -0.2) is 75.4 Å². The minimum atomic E-state index is -4.00. The van der Waals surface area contributed by atoms with E-state index in [0.717, 1.165) is 43.2 Å². The number of ether oxygens (including phenoxy) is 2. The van der Waals surface area contributed by atoms with Gasteiger partial charge < -0.3 is 24.4 Å². The third kappa shape index (κ3) is 7.54. The average molecular weight is 700 g/mol. The molecule has 4 aliphatic rings. The predicted molar refractivity (Wildman–Crippen MR) is 184 cm³/mol. The highest BCUT2D eigenvalue weighted by Crippen LogP contribution is 2.43. The molecule has 2 aromatic carbocycles. The molecular formula is C36H46ClN3O7S. The number of rotatable bonds is 4. The topological polar surface area (TPSA) is 125 Å². The van der Waals surface area contributed by atoms with Crippen molar-refractivity contribution in [2.45, 2.75) is 81.3 Å². The molecule has 0 unspecified atom stereocenters. The number of hydrogen-bond acceptors (Lipinski definition) is 8. The summed E-state index contributed by atoms with van der Waals surface area (Å²) in [4.78, 5) is 31.1. The number of fused-ring (bicyclic) bond motifs is 3. The maximum Gasteiger partial charge on any atom is 0.270 e. The van der Waals surface area contributed by atoms with Crippen LogP contribution in [0.5, 0.6) is 5.75 Å². The van der Waals surface area contributed by atoms with Gasteiger partial charge in [0.1, 0.15) is 12.4 Å². The molecule has 6 rings (SSSR count). The maximum atomic E-state index is 13.8. The van der Waals surface area contributed by atoms with Gasteiger partial charge in [-0.1, -0.05) is 35.9 Å². The molecule has 2 amide bonds. The second-order valence-corrected chi connectivity index (χ2v) is 16.1. The van der Waals surface area contributed by atoms with Gasteiger partial charge in [0.25, 0.3) is 5.91 Å². The van der Waals surface area contributed by atoms with Gasteiger partial charge in [0.05, 0.1) is 23.5 Å². The highest BCUT2D eigenvalue weighted by atomic mass is 35.5. The first-order chi connectivity index (χ1) is 23.0. The van der Waals surface area contributed by atoms with E-state index in [2.05, 4.69) is 15.7 Å². The van der Waals surface area contributed by atoms with E-state index >= 15 is 0 Å². The Balaban J connectivity index is 1.44. The lowest BCUT2D eigenvalue weighted by Crippen LogP contribution is -2.50. The van der Waals surface area contributed by atoms with Crippen molar-refractivity contribution in [2.75, 3.05) is 38.7 Å². The molecule has 2 bridgehead atoms. The van der Waals surface area contributed by atoms with Crippen LogP contribution in [0.3, 0.4) is 0 Å². The summed E-state index contributed by atoms with van der Waals surface area (Å²) < 4.78 is 40.3. The fourth-order valence-corrected chi connectivity index (χ4v) is 8.64. The Morgan fingerprint density at radius 1 is 1.08 bits per heavy atom. The van der Waals surface area contributed by atoms with Crippen LogP contribution >= 0.6 is 11.6 Å². The molecule has 10 nitrogen and oxygen atoms in total. The van der Waals surface area contributed by atoms with Crippen molar-refractivity contribution >= 4 is 39.1 Å². The smallest absolute Gasteiger partial charge is 0.270 e. The van der Waals surface area contributed by atoms with Crippen LogP contribution in [0, 0.1) is 11.8 Å². The number of amides is 2. The molecule has 48 heavy (non-hydrogen) atoms. The molecule has 4 atom stereocenters. The van der Waals surface area contributed by atoms with E-state index in [1.165, 1.54) is 4.90 Å². The fourth-order valence-electron chi connectivity index (χ4n) is 7.09. The Morgan fingerprint density at radius 3 is 2.62 bits per heavy atom. The Labute approximate surface area is 288 Å². The van der Waals surface area contributed by atoms with Crippen LogP contribution in [0.4, 0.5) is 5.69 Å². The molecule has 0 spiro atoms. The summed E-state index contributed by atoms with van der Waals surface area (Å²) in [6.07, 6.45) is 9.60. The number of aliphatic hydroxyl groups is 1. The van der Waals surface area contributed by atoms with Crippen molar-refractivity contribution in [3.63, 3.8) is 0 Å². The van der Waals surface area contributed by atoms with E-state index in [1.54, 1.807) is 32.4 Å². The minimum absolute atomic E-state index is 0.0508. The molecule has 2 N–H and O–H groups in total. The number of methoxy groups -OCH3 is 1. The van der Waals surface area contributed by atoms with Crippen LogP contribution in [0.1, 0.15) is 68.1 Å². The number of benzene rings is 2. The van der Waals surface area contributed by atoms with Crippen LogP contribution < -0.4 is 14.4 Å². The molecule has 2 fully saturated rings. The molecule has 2 saturated carbocycles. The zero-order valence-corrected chi connectivity index (χ0v) is 29.3. The number of nitrogens with zero attached hydrogens (tertiary/aromatic N) is 2. The predicted octanol–water partition coefficient (Wildman–Crippen LogP) is 4.71. The van der Waals surface area contributed by atoms with Crippen molar-refractivity contribution in [1.29, 1.82) is 0 Å². The van der Waals surface area contributed by atoms with E-state index in [0.29, 0.717) is 73.8 Å². The van der Waals surface area contributed by atoms with Gasteiger partial charge in [-0.2, -0.15) is 0 Å². The van der Waals surface area contributed by atoms with Crippen molar-refractivity contribution in [3.05, 3.63) is 70.3 Å². The van der Waals surface area contributed by atoms with Gasteiger partial charge in [-0.05, 0) is 104 Å². The van der Waals surface area contributed by atoms with Gasteiger partial charge in [0, 0.05) is 38.8 Å². The van der Waals surface area contributed by atoms with Crippen LogP contribution in [-0.2, 0) is 43.0 Å². The highest BCUT2D eigenvalue weighted by molar-refractivity contribution is 7.90.